The van der Waals surface area contributed by atoms with Crippen molar-refractivity contribution in [3.63, 3.8) is 0 Å². The Balaban J connectivity index is 1.75. The molecule has 2 aromatic carbocycles. The number of anilines is 1. The molecular formula is C21H22N2O6S. The van der Waals surface area contributed by atoms with Gasteiger partial charge in [0.25, 0.3) is 5.91 Å². The van der Waals surface area contributed by atoms with Crippen molar-refractivity contribution >= 4 is 35.2 Å². The lowest BCUT2D eigenvalue weighted by atomic mass is 10.1. The number of fused-ring (bicyclic) bond motifs is 1. The maximum Gasteiger partial charge on any atom is 0.335 e. The van der Waals surface area contributed by atoms with E-state index in [1.165, 1.54) is 34.3 Å². The van der Waals surface area contributed by atoms with Gasteiger partial charge >= 0.3 is 5.97 Å². The molecule has 3 rings (SSSR count). The van der Waals surface area contributed by atoms with Crippen LogP contribution in [-0.2, 0) is 16.0 Å². The third kappa shape index (κ3) is 4.92. The first-order valence-electron chi connectivity index (χ1n) is 9.34. The van der Waals surface area contributed by atoms with Gasteiger partial charge in [0.15, 0.2) is 0 Å². The van der Waals surface area contributed by atoms with Crippen LogP contribution in [0.3, 0.4) is 0 Å². The molecule has 8 nitrogen and oxygen atoms in total. The molecule has 1 aliphatic rings. The van der Waals surface area contributed by atoms with Crippen molar-refractivity contribution < 1.29 is 29.4 Å². The molecule has 2 aromatic rings. The summed E-state index contributed by atoms with van der Waals surface area (Å²) in [6.07, 6.45) is 2.14. The van der Waals surface area contributed by atoms with Gasteiger partial charge in [-0.3, -0.25) is 14.8 Å². The minimum atomic E-state index is -1.12. The first kappa shape index (κ1) is 21.7. The number of thioether (sulfide) groups is 1. The Morgan fingerprint density at radius 1 is 1.20 bits per heavy atom. The van der Waals surface area contributed by atoms with Crippen molar-refractivity contribution in [2.75, 3.05) is 18.6 Å². The lowest BCUT2D eigenvalue weighted by molar-refractivity contribution is -0.129. The van der Waals surface area contributed by atoms with Crippen molar-refractivity contribution in [2.45, 2.75) is 29.4 Å². The molecule has 0 saturated carbocycles. The number of carboxylic acids is 1. The number of carbonyl (C=O) groups excluding carboxylic acids is 2. The summed E-state index contributed by atoms with van der Waals surface area (Å²) in [6.45, 7) is -0.388. The highest BCUT2D eigenvalue weighted by atomic mass is 32.2. The normalized spacial score (nSPS) is 15.5. The second-order valence-corrected chi connectivity index (χ2v) is 8.04. The minimum absolute atomic E-state index is 0.0227. The van der Waals surface area contributed by atoms with Crippen LogP contribution in [0.4, 0.5) is 5.69 Å². The zero-order valence-electron chi connectivity index (χ0n) is 16.3. The SMILES string of the molecule is COc1ccc(CCCC2Sc3ccc(C(=O)O)cc3N(CC(=O)NO)C2=O)cc1. The molecule has 9 heteroatoms. The van der Waals surface area contributed by atoms with Crippen LogP contribution in [0, 0.1) is 0 Å². The molecule has 0 radical (unpaired) electrons. The fourth-order valence-corrected chi connectivity index (χ4v) is 4.52. The standard InChI is InChI=1S/C21H22N2O6S/c1-29-15-8-5-13(6-9-15)3-2-4-18-20(25)23(12-19(24)22-28)16-11-14(21(26)27)7-10-17(16)30-18/h5-11,18,28H,2-4,12H2,1H3,(H,22,24)(H,26,27). The van der Waals surface area contributed by atoms with Gasteiger partial charge in [-0.1, -0.05) is 12.1 Å². The van der Waals surface area contributed by atoms with Crippen molar-refractivity contribution in [3.8, 4) is 5.75 Å². The van der Waals surface area contributed by atoms with Crippen LogP contribution in [-0.4, -0.2) is 47.0 Å². The zero-order chi connectivity index (χ0) is 21.7. The summed E-state index contributed by atoms with van der Waals surface area (Å²) in [6, 6.07) is 12.2. The van der Waals surface area contributed by atoms with Gasteiger partial charge in [0.2, 0.25) is 5.91 Å². The fraction of sp³-hybridized carbons (Fsp3) is 0.286. The summed E-state index contributed by atoms with van der Waals surface area (Å²) in [4.78, 5) is 38.0. The predicted molar refractivity (Wildman–Crippen MR) is 111 cm³/mol. The predicted octanol–water partition coefficient (Wildman–Crippen LogP) is 2.73. The van der Waals surface area contributed by atoms with Crippen LogP contribution in [0.2, 0.25) is 0 Å². The molecule has 158 valence electrons. The zero-order valence-corrected chi connectivity index (χ0v) is 17.1. The van der Waals surface area contributed by atoms with Crippen LogP contribution in [0.15, 0.2) is 47.4 Å². The number of carboxylic acid groups (broad SMARTS) is 1. The second-order valence-electron chi connectivity index (χ2n) is 6.79. The molecule has 30 heavy (non-hydrogen) atoms. The number of ether oxygens (including phenoxy) is 1. The molecule has 3 N–H and O–H groups in total. The Morgan fingerprint density at radius 2 is 1.93 bits per heavy atom. The van der Waals surface area contributed by atoms with Crippen LogP contribution in [0.25, 0.3) is 0 Å². The van der Waals surface area contributed by atoms with Crippen molar-refractivity contribution in [1.29, 1.82) is 0 Å². The Morgan fingerprint density at radius 3 is 2.57 bits per heavy atom. The van der Waals surface area contributed by atoms with E-state index in [0.29, 0.717) is 12.1 Å². The van der Waals surface area contributed by atoms with E-state index in [-0.39, 0.29) is 18.0 Å². The number of amides is 2. The number of benzene rings is 2. The van der Waals surface area contributed by atoms with Crippen molar-refractivity contribution in [1.82, 2.24) is 5.48 Å². The highest BCUT2D eigenvalue weighted by molar-refractivity contribution is 8.01. The van der Waals surface area contributed by atoms with E-state index in [1.807, 2.05) is 24.3 Å². The number of nitrogens with zero attached hydrogens (tertiary/aromatic N) is 1. The second kappa shape index (κ2) is 9.64. The van der Waals surface area contributed by atoms with E-state index in [2.05, 4.69) is 0 Å². The molecule has 2 amide bonds. The van der Waals surface area contributed by atoms with E-state index in [0.717, 1.165) is 29.1 Å². The Hall–Kier alpha value is -3.04. The average Bonchev–Trinajstić information content (AvgIpc) is 2.76. The average molecular weight is 430 g/mol. The Kier molecular flexibility index (Phi) is 6.96. The van der Waals surface area contributed by atoms with Gasteiger partial charge in [-0.2, -0.15) is 0 Å². The molecule has 1 atom stereocenters. The molecule has 0 aromatic heterocycles. The number of aromatic carboxylic acids is 1. The van der Waals surface area contributed by atoms with Crippen molar-refractivity contribution in [3.05, 3.63) is 53.6 Å². The van der Waals surface area contributed by atoms with Gasteiger partial charge in [0.1, 0.15) is 12.3 Å². The van der Waals surface area contributed by atoms with Gasteiger partial charge in [-0.15, -0.1) is 11.8 Å². The largest absolute Gasteiger partial charge is 0.497 e. The highest BCUT2D eigenvalue weighted by Gasteiger charge is 2.34. The summed E-state index contributed by atoms with van der Waals surface area (Å²) in [5, 5.41) is 17.7. The summed E-state index contributed by atoms with van der Waals surface area (Å²) < 4.78 is 5.15. The Labute approximate surface area is 177 Å². The Bertz CT molecular complexity index is 947. The van der Waals surface area contributed by atoms with Gasteiger partial charge in [0, 0.05) is 4.90 Å². The molecule has 0 spiro atoms. The molecule has 0 aliphatic carbocycles. The number of rotatable bonds is 8. The maximum atomic E-state index is 13.0. The molecule has 0 bridgehead atoms. The smallest absolute Gasteiger partial charge is 0.335 e. The monoisotopic (exact) mass is 430 g/mol. The summed E-state index contributed by atoms with van der Waals surface area (Å²) in [7, 11) is 1.61. The topological polar surface area (TPSA) is 116 Å². The molecule has 0 saturated heterocycles. The van der Waals surface area contributed by atoms with Crippen molar-refractivity contribution in [2.24, 2.45) is 0 Å². The number of methoxy groups -OCH3 is 1. The van der Waals surface area contributed by atoms with E-state index in [1.54, 1.807) is 13.2 Å². The number of nitrogens with one attached hydrogen (secondary N) is 1. The number of hydrogen-bond donors (Lipinski definition) is 3. The third-order valence-electron chi connectivity index (χ3n) is 4.82. The first-order valence-corrected chi connectivity index (χ1v) is 10.2. The summed E-state index contributed by atoms with van der Waals surface area (Å²) in [5.74, 6) is -1.37. The number of hydrogen-bond acceptors (Lipinski definition) is 6. The maximum absolute atomic E-state index is 13.0. The van der Waals surface area contributed by atoms with Gasteiger partial charge in [-0.05, 0) is 55.2 Å². The number of aryl methyl sites for hydroxylation is 1. The molecular weight excluding hydrogens is 408 g/mol. The number of carbonyl (C=O) groups is 3. The quantitative estimate of drug-likeness (QED) is 0.436. The molecule has 0 fully saturated rings. The van der Waals surface area contributed by atoms with E-state index in [4.69, 9.17) is 9.94 Å². The van der Waals surface area contributed by atoms with E-state index in [9.17, 15) is 19.5 Å². The van der Waals surface area contributed by atoms with E-state index >= 15 is 0 Å². The number of hydroxylamine groups is 1. The molecule has 1 aliphatic heterocycles. The third-order valence-corrected chi connectivity index (χ3v) is 6.15. The molecule has 1 heterocycles. The van der Waals surface area contributed by atoms with Crippen LogP contribution in [0.1, 0.15) is 28.8 Å². The van der Waals surface area contributed by atoms with Gasteiger partial charge < -0.3 is 14.7 Å². The summed E-state index contributed by atoms with van der Waals surface area (Å²) >= 11 is 1.37. The van der Waals surface area contributed by atoms with Crippen LogP contribution < -0.4 is 15.1 Å². The molecule has 1 unspecified atom stereocenters. The van der Waals surface area contributed by atoms with Crippen LogP contribution in [0.5, 0.6) is 5.75 Å². The highest BCUT2D eigenvalue weighted by Crippen LogP contribution is 2.41. The van der Waals surface area contributed by atoms with Crippen LogP contribution >= 0.6 is 11.8 Å². The fourth-order valence-electron chi connectivity index (χ4n) is 3.27. The van der Waals surface area contributed by atoms with E-state index < -0.39 is 17.1 Å². The van der Waals surface area contributed by atoms with Gasteiger partial charge in [0.05, 0.1) is 23.6 Å². The minimum Gasteiger partial charge on any atom is -0.497 e. The first-order chi connectivity index (χ1) is 14.4. The summed E-state index contributed by atoms with van der Waals surface area (Å²) in [5.41, 5.74) is 3.04. The van der Waals surface area contributed by atoms with Gasteiger partial charge in [-0.25, -0.2) is 10.3 Å². The lowest BCUT2D eigenvalue weighted by Crippen LogP contribution is -2.46. The lowest BCUT2D eigenvalue weighted by Gasteiger charge is -2.33.